The number of rotatable bonds is 4. The minimum absolute atomic E-state index is 0.268. The summed E-state index contributed by atoms with van der Waals surface area (Å²) in [6, 6.07) is 7.04. The number of aromatic nitrogens is 2. The molecule has 1 aliphatic heterocycles. The van der Waals surface area contributed by atoms with Crippen molar-refractivity contribution in [2.75, 3.05) is 42.9 Å². The molecule has 0 aliphatic carbocycles. The van der Waals surface area contributed by atoms with Gasteiger partial charge in [-0.1, -0.05) is 17.7 Å². The van der Waals surface area contributed by atoms with E-state index >= 15 is 0 Å². The van der Waals surface area contributed by atoms with Gasteiger partial charge in [0.2, 0.25) is 5.95 Å². The van der Waals surface area contributed by atoms with E-state index in [0.717, 1.165) is 42.2 Å². The van der Waals surface area contributed by atoms with Crippen molar-refractivity contribution in [3.05, 3.63) is 47.8 Å². The van der Waals surface area contributed by atoms with Crippen molar-refractivity contribution in [3.8, 4) is 0 Å². The lowest BCUT2D eigenvalue weighted by Crippen LogP contribution is -3.16. The highest BCUT2D eigenvalue weighted by molar-refractivity contribution is 6.01. The molecule has 2 heterocycles. The number of amides is 3. The van der Waals surface area contributed by atoms with Gasteiger partial charge >= 0.3 is 6.03 Å². The first-order valence-corrected chi connectivity index (χ1v) is 9.05. The lowest BCUT2D eigenvalue weighted by atomic mass is 10.1. The molecule has 0 saturated carbocycles. The molecule has 1 fully saturated rings. The topological polar surface area (TPSA) is 91.7 Å². The molecule has 142 valence electrons. The molecule has 0 bridgehead atoms. The number of urea groups is 1. The Morgan fingerprint density at radius 2 is 1.85 bits per heavy atom. The number of hydrogen-bond acceptors (Lipinski definition) is 5. The van der Waals surface area contributed by atoms with Crippen LogP contribution in [0.15, 0.2) is 36.7 Å². The van der Waals surface area contributed by atoms with Gasteiger partial charge in [-0.2, -0.15) is 0 Å². The summed E-state index contributed by atoms with van der Waals surface area (Å²) >= 11 is 0. The van der Waals surface area contributed by atoms with Gasteiger partial charge in [0, 0.05) is 18.1 Å². The zero-order valence-electron chi connectivity index (χ0n) is 15.7. The van der Waals surface area contributed by atoms with E-state index in [1.54, 1.807) is 18.5 Å². The second-order valence-electron chi connectivity index (χ2n) is 6.78. The van der Waals surface area contributed by atoms with Crippen molar-refractivity contribution in [1.29, 1.82) is 0 Å². The summed E-state index contributed by atoms with van der Waals surface area (Å²) in [7, 11) is 0. The van der Waals surface area contributed by atoms with Crippen LogP contribution in [0.1, 0.15) is 11.1 Å². The third-order valence-corrected chi connectivity index (χ3v) is 4.60. The SMILES string of the molecule is Cc1ccc(NC(=O)NC(=O)C[NH+]2CCN(c3ncccn3)CC2)c(C)c1. The van der Waals surface area contributed by atoms with Crippen molar-refractivity contribution < 1.29 is 14.5 Å². The lowest BCUT2D eigenvalue weighted by Gasteiger charge is -2.31. The van der Waals surface area contributed by atoms with Crippen LogP contribution in [0.4, 0.5) is 16.4 Å². The Morgan fingerprint density at radius 3 is 2.52 bits per heavy atom. The van der Waals surface area contributed by atoms with E-state index in [-0.39, 0.29) is 12.5 Å². The maximum atomic E-state index is 12.2. The van der Waals surface area contributed by atoms with E-state index in [2.05, 4.69) is 25.5 Å². The molecular formula is C19H25N6O2+. The summed E-state index contributed by atoms with van der Waals surface area (Å²) in [6.45, 7) is 7.33. The predicted octanol–water partition coefficient (Wildman–Crippen LogP) is 0.147. The molecule has 3 N–H and O–H groups in total. The van der Waals surface area contributed by atoms with E-state index in [4.69, 9.17) is 0 Å². The summed E-state index contributed by atoms with van der Waals surface area (Å²) in [6.07, 6.45) is 3.45. The lowest BCUT2D eigenvalue weighted by molar-refractivity contribution is -0.892. The Balaban J connectivity index is 1.44. The predicted molar refractivity (Wildman–Crippen MR) is 103 cm³/mol. The number of hydrogen-bond donors (Lipinski definition) is 3. The monoisotopic (exact) mass is 369 g/mol. The van der Waals surface area contributed by atoms with Gasteiger partial charge in [-0.3, -0.25) is 10.1 Å². The second kappa shape index (κ2) is 8.59. The van der Waals surface area contributed by atoms with Crippen LogP contribution in [0.25, 0.3) is 0 Å². The molecule has 8 heteroatoms. The molecule has 1 aliphatic rings. The summed E-state index contributed by atoms with van der Waals surface area (Å²) in [5.41, 5.74) is 2.79. The third-order valence-electron chi connectivity index (χ3n) is 4.60. The number of aryl methyl sites for hydroxylation is 2. The van der Waals surface area contributed by atoms with E-state index in [1.165, 1.54) is 0 Å². The Kier molecular flexibility index (Phi) is 5.97. The zero-order chi connectivity index (χ0) is 19.2. The van der Waals surface area contributed by atoms with Gasteiger partial charge in [0.15, 0.2) is 6.54 Å². The molecule has 27 heavy (non-hydrogen) atoms. The number of carbonyl (C=O) groups excluding carboxylic acids is 2. The van der Waals surface area contributed by atoms with Crippen LogP contribution in [-0.2, 0) is 4.79 Å². The number of quaternary nitrogens is 1. The van der Waals surface area contributed by atoms with Gasteiger partial charge in [-0.05, 0) is 31.5 Å². The Labute approximate surface area is 158 Å². The molecule has 0 radical (unpaired) electrons. The molecule has 0 unspecified atom stereocenters. The number of piperazine rings is 1. The second-order valence-corrected chi connectivity index (χ2v) is 6.78. The quantitative estimate of drug-likeness (QED) is 0.713. The Bertz CT molecular complexity index is 803. The van der Waals surface area contributed by atoms with E-state index in [0.29, 0.717) is 11.6 Å². The van der Waals surface area contributed by atoms with Crippen molar-refractivity contribution in [1.82, 2.24) is 15.3 Å². The number of benzene rings is 1. The summed E-state index contributed by atoms with van der Waals surface area (Å²) in [4.78, 5) is 36.0. The van der Waals surface area contributed by atoms with Crippen molar-refractivity contribution in [2.24, 2.45) is 0 Å². The van der Waals surface area contributed by atoms with Crippen LogP contribution in [0.2, 0.25) is 0 Å². The molecule has 8 nitrogen and oxygen atoms in total. The van der Waals surface area contributed by atoms with Crippen LogP contribution < -0.4 is 20.4 Å². The average Bonchev–Trinajstić information content (AvgIpc) is 2.65. The molecular weight excluding hydrogens is 344 g/mol. The van der Waals surface area contributed by atoms with Crippen LogP contribution in [0, 0.1) is 13.8 Å². The number of nitrogens with one attached hydrogen (secondary N) is 3. The van der Waals surface area contributed by atoms with Crippen LogP contribution in [-0.4, -0.2) is 54.6 Å². The summed E-state index contributed by atoms with van der Waals surface area (Å²) < 4.78 is 0. The van der Waals surface area contributed by atoms with Gasteiger partial charge < -0.3 is 15.1 Å². The van der Waals surface area contributed by atoms with Crippen LogP contribution in [0.5, 0.6) is 0 Å². The average molecular weight is 369 g/mol. The zero-order valence-corrected chi connectivity index (χ0v) is 15.7. The molecule has 3 amide bonds. The van der Waals surface area contributed by atoms with E-state index in [1.807, 2.05) is 32.0 Å². The first-order chi connectivity index (χ1) is 13.0. The van der Waals surface area contributed by atoms with Crippen LogP contribution in [0.3, 0.4) is 0 Å². The number of nitrogens with zero attached hydrogens (tertiary/aromatic N) is 3. The fourth-order valence-electron chi connectivity index (χ4n) is 3.16. The van der Waals surface area contributed by atoms with Gasteiger partial charge in [-0.15, -0.1) is 0 Å². The van der Waals surface area contributed by atoms with Gasteiger partial charge in [-0.25, -0.2) is 14.8 Å². The fourth-order valence-corrected chi connectivity index (χ4v) is 3.16. The maximum absolute atomic E-state index is 12.2. The highest BCUT2D eigenvalue weighted by Crippen LogP contribution is 2.15. The fraction of sp³-hybridized carbons (Fsp3) is 0.368. The molecule has 1 aromatic carbocycles. The highest BCUT2D eigenvalue weighted by Gasteiger charge is 2.24. The van der Waals surface area contributed by atoms with Gasteiger partial charge in [0.05, 0.1) is 26.2 Å². The molecule has 1 saturated heterocycles. The maximum Gasteiger partial charge on any atom is 0.326 e. The summed E-state index contributed by atoms with van der Waals surface area (Å²) in [5.74, 6) is 0.436. The summed E-state index contributed by atoms with van der Waals surface area (Å²) in [5, 5.41) is 5.14. The van der Waals surface area contributed by atoms with Crippen molar-refractivity contribution >= 4 is 23.6 Å². The molecule has 3 rings (SSSR count). The van der Waals surface area contributed by atoms with Crippen molar-refractivity contribution in [3.63, 3.8) is 0 Å². The largest absolute Gasteiger partial charge is 0.330 e. The number of carbonyl (C=O) groups is 2. The van der Waals surface area contributed by atoms with Gasteiger partial charge in [0.1, 0.15) is 0 Å². The Hall–Kier alpha value is -3.00. The van der Waals surface area contributed by atoms with E-state index < -0.39 is 6.03 Å². The minimum Gasteiger partial charge on any atom is -0.330 e. The normalized spacial score (nSPS) is 14.7. The first-order valence-electron chi connectivity index (χ1n) is 9.05. The number of imide groups is 1. The molecule has 0 spiro atoms. The van der Waals surface area contributed by atoms with Crippen LogP contribution >= 0.6 is 0 Å². The smallest absolute Gasteiger partial charge is 0.326 e. The molecule has 1 aromatic heterocycles. The molecule has 0 atom stereocenters. The molecule has 2 aromatic rings. The standard InChI is InChI=1S/C19H24N6O2/c1-14-4-5-16(15(2)12-14)22-19(27)23-17(26)13-24-8-10-25(11-9-24)18-20-6-3-7-21-18/h3-7,12H,8-11,13H2,1-2H3,(H2,22,23,26,27)/p+1. The first kappa shape index (κ1) is 18.8. The van der Waals surface area contributed by atoms with E-state index in [9.17, 15) is 9.59 Å². The highest BCUT2D eigenvalue weighted by atomic mass is 16.2. The Morgan fingerprint density at radius 1 is 1.15 bits per heavy atom. The minimum atomic E-state index is -0.498. The van der Waals surface area contributed by atoms with Gasteiger partial charge in [0.25, 0.3) is 5.91 Å². The number of anilines is 2. The third kappa shape index (κ3) is 5.24. The van der Waals surface area contributed by atoms with Crippen molar-refractivity contribution in [2.45, 2.75) is 13.8 Å².